The van der Waals surface area contributed by atoms with Gasteiger partial charge < -0.3 is 16.4 Å². The molecule has 0 amide bonds. The highest BCUT2D eigenvalue weighted by molar-refractivity contribution is 7.09. The zero-order chi connectivity index (χ0) is 13.5. The zero-order valence-electron chi connectivity index (χ0n) is 11.1. The van der Waals surface area contributed by atoms with Gasteiger partial charge in [-0.3, -0.25) is 4.99 Å². The lowest BCUT2D eigenvalue weighted by molar-refractivity contribution is 0.339. The third-order valence-corrected chi connectivity index (χ3v) is 4.06. The Hall–Kier alpha value is -1.56. The molecule has 1 aromatic heterocycles. The molecule has 6 heteroatoms. The molecule has 1 fully saturated rings. The molecule has 1 aliphatic rings. The van der Waals surface area contributed by atoms with E-state index >= 15 is 0 Å². The molecular formula is C13H21N5S. The lowest BCUT2D eigenvalue weighted by atomic mass is 10.1. The first-order chi connectivity index (χ1) is 9.25. The third kappa shape index (κ3) is 4.55. The Morgan fingerprint density at radius 2 is 2.05 bits per heavy atom. The molecule has 19 heavy (non-hydrogen) atoms. The third-order valence-electron chi connectivity index (χ3n) is 3.12. The van der Waals surface area contributed by atoms with Crippen LogP contribution in [0.15, 0.2) is 27.5 Å². The molecule has 0 aromatic carbocycles. The van der Waals surface area contributed by atoms with Crippen LogP contribution in [-0.2, 0) is 6.42 Å². The van der Waals surface area contributed by atoms with Gasteiger partial charge in [0.25, 0.3) is 0 Å². The number of hydrogen-bond acceptors (Lipinski definition) is 2. The summed E-state index contributed by atoms with van der Waals surface area (Å²) in [5.41, 5.74) is 11.7. The fraction of sp³-hybridized carbons (Fsp3) is 0.538. The van der Waals surface area contributed by atoms with Crippen molar-refractivity contribution in [3.63, 3.8) is 0 Å². The van der Waals surface area contributed by atoms with Crippen LogP contribution in [0.25, 0.3) is 0 Å². The van der Waals surface area contributed by atoms with Crippen LogP contribution in [0, 0.1) is 0 Å². The summed E-state index contributed by atoms with van der Waals surface area (Å²) >= 11 is 1.73. The molecule has 0 saturated carbocycles. The van der Waals surface area contributed by atoms with Crippen molar-refractivity contribution < 1.29 is 0 Å². The van der Waals surface area contributed by atoms with Crippen LogP contribution in [0.5, 0.6) is 0 Å². The molecule has 2 rings (SSSR count). The van der Waals surface area contributed by atoms with Crippen molar-refractivity contribution in [1.82, 2.24) is 4.90 Å². The maximum atomic E-state index is 5.93. The van der Waals surface area contributed by atoms with Crippen molar-refractivity contribution in [1.29, 1.82) is 0 Å². The molecule has 1 aliphatic heterocycles. The van der Waals surface area contributed by atoms with E-state index in [0.29, 0.717) is 12.5 Å². The lowest BCUT2D eigenvalue weighted by Crippen LogP contribution is -2.41. The van der Waals surface area contributed by atoms with Gasteiger partial charge in [-0.1, -0.05) is 6.07 Å². The van der Waals surface area contributed by atoms with Crippen molar-refractivity contribution in [2.75, 3.05) is 19.6 Å². The van der Waals surface area contributed by atoms with Crippen LogP contribution in [-0.4, -0.2) is 36.5 Å². The van der Waals surface area contributed by atoms with Gasteiger partial charge >= 0.3 is 0 Å². The number of likely N-dealkylation sites (tertiary alicyclic amines) is 1. The van der Waals surface area contributed by atoms with Gasteiger partial charge in [-0.25, -0.2) is 0 Å². The summed E-state index contributed by atoms with van der Waals surface area (Å²) in [6.45, 7) is 2.60. The van der Waals surface area contributed by atoms with Crippen molar-refractivity contribution in [3.05, 3.63) is 22.4 Å². The predicted octanol–water partition coefficient (Wildman–Crippen LogP) is 1.41. The maximum Gasteiger partial charge on any atom is 0.218 e. The van der Waals surface area contributed by atoms with E-state index in [2.05, 4.69) is 26.3 Å². The summed E-state index contributed by atoms with van der Waals surface area (Å²) in [7, 11) is 0. The quantitative estimate of drug-likeness (QED) is 0.648. The van der Waals surface area contributed by atoms with Gasteiger partial charge in [0.15, 0.2) is 5.96 Å². The predicted molar refractivity (Wildman–Crippen MR) is 81.6 cm³/mol. The van der Waals surface area contributed by atoms with Crippen LogP contribution in [0.2, 0.25) is 0 Å². The molecule has 0 spiro atoms. The van der Waals surface area contributed by atoms with E-state index in [-0.39, 0.29) is 5.96 Å². The molecule has 0 aliphatic carbocycles. The standard InChI is InChI=1S/C13H21N5S/c14-12(16-7-6-11-5-4-10-19-11)17-13(15)18-8-2-1-3-9-18/h4-5,10H,1-3,6-9H2,(H4,14,15,16,17). The van der Waals surface area contributed by atoms with E-state index in [0.717, 1.165) is 19.5 Å². The average molecular weight is 279 g/mol. The Kier molecular flexibility index (Phi) is 5.20. The molecule has 5 nitrogen and oxygen atoms in total. The number of aliphatic imine (C=N–C) groups is 2. The number of hydrogen-bond donors (Lipinski definition) is 2. The smallest absolute Gasteiger partial charge is 0.218 e. The van der Waals surface area contributed by atoms with Gasteiger partial charge in [0.2, 0.25) is 5.96 Å². The molecule has 0 unspecified atom stereocenters. The largest absolute Gasteiger partial charge is 0.369 e. The first-order valence-electron chi connectivity index (χ1n) is 6.67. The summed E-state index contributed by atoms with van der Waals surface area (Å²) in [6.07, 6.45) is 4.52. The second-order valence-corrected chi connectivity index (χ2v) is 5.62. The molecule has 0 atom stereocenters. The molecular weight excluding hydrogens is 258 g/mol. The Bertz CT molecular complexity index is 432. The second-order valence-electron chi connectivity index (χ2n) is 4.59. The van der Waals surface area contributed by atoms with Gasteiger partial charge in [-0.15, -0.1) is 11.3 Å². The van der Waals surface area contributed by atoms with Gasteiger partial charge in [-0.05, 0) is 30.7 Å². The normalized spacial score (nSPS) is 17.8. The fourth-order valence-corrected chi connectivity index (χ4v) is 2.78. The first kappa shape index (κ1) is 13.9. The summed E-state index contributed by atoms with van der Waals surface area (Å²) in [5, 5.41) is 2.06. The van der Waals surface area contributed by atoms with Crippen LogP contribution in [0.1, 0.15) is 24.1 Å². The minimum atomic E-state index is 0.277. The van der Waals surface area contributed by atoms with Gasteiger partial charge in [0, 0.05) is 30.9 Å². The highest BCUT2D eigenvalue weighted by Crippen LogP contribution is 2.09. The minimum absolute atomic E-state index is 0.277. The Balaban J connectivity index is 1.82. The Labute approximate surface area is 118 Å². The van der Waals surface area contributed by atoms with Crippen molar-refractivity contribution in [2.45, 2.75) is 25.7 Å². The highest BCUT2D eigenvalue weighted by atomic mass is 32.1. The summed E-state index contributed by atoms with van der Waals surface area (Å²) < 4.78 is 0. The molecule has 2 heterocycles. The van der Waals surface area contributed by atoms with Crippen molar-refractivity contribution in [2.24, 2.45) is 21.5 Å². The minimum Gasteiger partial charge on any atom is -0.369 e. The van der Waals surface area contributed by atoms with E-state index < -0.39 is 0 Å². The molecule has 0 bridgehead atoms. The van der Waals surface area contributed by atoms with Crippen LogP contribution in [0.4, 0.5) is 0 Å². The van der Waals surface area contributed by atoms with Gasteiger partial charge in [-0.2, -0.15) is 4.99 Å². The topological polar surface area (TPSA) is 80.0 Å². The number of piperidine rings is 1. The monoisotopic (exact) mass is 279 g/mol. The maximum absolute atomic E-state index is 5.93. The Morgan fingerprint density at radius 3 is 2.74 bits per heavy atom. The van der Waals surface area contributed by atoms with Crippen molar-refractivity contribution in [3.8, 4) is 0 Å². The van der Waals surface area contributed by atoms with E-state index in [1.54, 1.807) is 11.3 Å². The van der Waals surface area contributed by atoms with E-state index in [1.165, 1.54) is 24.1 Å². The molecule has 1 aromatic rings. The van der Waals surface area contributed by atoms with Crippen LogP contribution < -0.4 is 11.5 Å². The van der Waals surface area contributed by atoms with Crippen LogP contribution >= 0.6 is 11.3 Å². The molecule has 0 radical (unpaired) electrons. The van der Waals surface area contributed by atoms with Gasteiger partial charge in [0.05, 0.1) is 0 Å². The number of rotatable bonds is 3. The Morgan fingerprint density at radius 1 is 1.26 bits per heavy atom. The zero-order valence-corrected chi connectivity index (χ0v) is 11.9. The SMILES string of the molecule is NC(=NCCc1cccs1)/N=C(\N)N1CCCCC1. The average Bonchev–Trinajstić information content (AvgIpc) is 2.93. The van der Waals surface area contributed by atoms with E-state index in [1.807, 2.05) is 6.07 Å². The van der Waals surface area contributed by atoms with Gasteiger partial charge in [0.1, 0.15) is 0 Å². The van der Waals surface area contributed by atoms with E-state index in [4.69, 9.17) is 11.5 Å². The first-order valence-corrected chi connectivity index (χ1v) is 7.55. The molecule has 104 valence electrons. The number of nitrogens with two attached hydrogens (primary N) is 2. The number of thiophene rings is 1. The molecule has 1 saturated heterocycles. The highest BCUT2D eigenvalue weighted by Gasteiger charge is 2.11. The fourth-order valence-electron chi connectivity index (χ4n) is 2.08. The summed E-state index contributed by atoms with van der Waals surface area (Å²) in [6, 6.07) is 4.14. The number of guanidine groups is 2. The summed E-state index contributed by atoms with van der Waals surface area (Å²) in [4.78, 5) is 11.8. The van der Waals surface area contributed by atoms with Crippen molar-refractivity contribution >= 4 is 23.3 Å². The van der Waals surface area contributed by atoms with E-state index in [9.17, 15) is 0 Å². The number of nitrogens with zero attached hydrogens (tertiary/aromatic N) is 3. The summed E-state index contributed by atoms with van der Waals surface area (Å²) in [5.74, 6) is 0.775. The lowest BCUT2D eigenvalue weighted by Gasteiger charge is -2.27. The molecule has 4 N–H and O–H groups in total. The van der Waals surface area contributed by atoms with Crippen LogP contribution in [0.3, 0.4) is 0 Å². The second kappa shape index (κ2) is 7.13.